The molecule has 104 valence electrons. The third-order valence-corrected chi connectivity index (χ3v) is 3.96. The molecule has 0 spiro atoms. The summed E-state index contributed by atoms with van der Waals surface area (Å²) < 4.78 is 0. The van der Waals surface area contributed by atoms with E-state index in [1.165, 1.54) is 0 Å². The molecule has 0 bridgehead atoms. The molecule has 0 radical (unpaired) electrons. The second kappa shape index (κ2) is 6.78. The smallest absolute Gasteiger partial charge is 0.231 e. The van der Waals surface area contributed by atoms with Gasteiger partial charge >= 0.3 is 0 Å². The number of nitrogens with one attached hydrogen (secondary N) is 1. The molecule has 1 amide bonds. The van der Waals surface area contributed by atoms with Crippen LogP contribution >= 0.6 is 23.2 Å². The maximum atomic E-state index is 12.4. The third kappa shape index (κ3) is 3.33. The van der Waals surface area contributed by atoms with Crippen molar-refractivity contribution >= 4 is 34.8 Å². The number of halogens is 2. The SMILES string of the molecule is CCC(C(=O)Nc1cccc(Cl)c1Cl)c1ccccc1. The van der Waals surface area contributed by atoms with Gasteiger partial charge in [0.25, 0.3) is 0 Å². The first-order valence-electron chi connectivity index (χ1n) is 6.43. The quantitative estimate of drug-likeness (QED) is 0.834. The molecule has 0 aliphatic heterocycles. The number of anilines is 1. The van der Waals surface area contributed by atoms with Gasteiger partial charge in [-0.15, -0.1) is 0 Å². The van der Waals surface area contributed by atoms with E-state index in [1.807, 2.05) is 37.3 Å². The summed E-state index contributed by atoms with van der Waals surface area (Å²) in [5.74, 6) is -0.283. The largest absolute Gasteiger partial charge is 0.324 e. The van der Waals surface area contributed by atoms with E-state index in [9.17, 15) is 4.79 Å². The van der Waals surface area contributed by atoms with Crippen LogP contribution in [0.15, 0.2) is 48.5 Å². The molecule has 4 heteroatoms. The Morgan fingerprint density at radius 3 is 2.45 bits per heavy atom. The Hall–Kier alpha value is -1.51. The molecule has 2 rings (SSSR count). The van der Waals surface area contributed by atoms with Crippen molar-refractivity contribution < 1.29 is 4.79 Å². The molecular weight excluding hydrogens is 293 g/mol. The standard InChI is InChI=1S/C16H15Cl2NO/c1-2-12(11-7-4-3-5-8-11)16(20)19-14-10-6-9-13(17)15(14)18/h3-10,12H,2H2,1H3,(H,19,20). The maximum Gasteiger partial charge on any atom is 0.231 e. The lowest BCUT2D eigenvalue weighted by Gasteiger charge is -2.16. The summed E-state index contributed by atoms with van der Waals surface area (Å²) in [4.78, 5) is 12.4. The van der Waals surface area contributed by atoms with Crippen LogP contribution in [0.5, 0.6) is 0 Å². The van der Waals surface area contributed by atoms with Crippen molar-refractivity contribution in [2.75, 3.05) is 5.32 Å². The minimum absolute atomic E-state index is 0.0807. The highest BCUT2D eigenvalue weighted by Gasteiger charge is 2.19. The lowest BCUT2D eigenvalue weighted by Crippen LogP contribution is -2.20. The van der Waals surface area contributed by atoms with Crippen molar-refractivity contribution in [1.29, 1.82) is 0 Å². The molecule has 0 aliphatic carbocycles. The number of carbonyl (C=O) groups excluding carboxylic acids is 1. The minimum atomic E-state index is -0.203. The zero-order valence-electron chi connectivity index (χ0n) is 11.1. The van der Waals surface area contributed by atoms with Crippen molar-refractivity contribution in [3.05, 3.63) is 64.1 Å². The first-order valence-corrected chi connectivity index (χ1v) is 7.19. The molecule has 0 fully saturated rings. The molecule has 2 aromatic carbocycles. The summed E-state index contributed by atoms with van der Waals surface area (Å²) in [6, 6.07) is 14.9. The van der Waals surface area contributed by atoms with Crippen LogP contribution in [0.2, 0.25) is 10.0 Å². The van der Waals surface area contributed by atoms with E-state index in [0.717, 1.165) is 5.56 Å². The van der Waals surface area contributed by atoms with Gasteiger partial charge in [0.05, 0.1) is 21.7 Å². The van der Waals surface area contributed by atoms with Crippen molar-refractivity contribution in [3.63, 3.8) is 0 Å². The Balaban J connectivity index is 2.20. The maximum absolute atomic E-state index is 12.4. The number of rotatable bonds is 4. The molecule has 0 heterocycles. The van der Waals surface area contributed by atoms with Crippen molar-refractivity contribution in [3.8, 4) is 0 Å². The van der Waals surface area contributed by atoms with E-state index in [4.69, 9.17) is 23.2 Å². The molecule has 0 aliphatic rings. The van der Waals surface area contributed by atoms with Gasteiger partial charge in [0, 0.05) is 0 Å². The number of carbonyl (C=O) groups is 1. The average Bonchev–Trinajstić information content (AvgIpc) is 2.46. The van der Waals surface area contributed by atoms with Gasteiger partial charge < -0.3 is 5.32 Å². The molecule has 2 aromatic rings. The molecule has 0 saturated heterocycles. The highest BCUT2D eigenvalue weighted by Crippen LogP contribution is 2.31. The van der Waals surface area contributed by atoms with E-state index < -0.39 is 0 Å². The molecule has 1 atom stereocenters. The Bertz CT molecular complexity index is 599. The molecular formula is C16H15Cl2NO. The van der Waals surface area contributed by atoms with E-state index in [0.29, 0.717) is 22.2 Å². The average molecular weight is 308 g/mol. The molecule has 20 heavy (non-hydrogen) atoms. The Morgan fingerprint density at radius 1 is 1.10 bits per heavy atom. The monoisotopic (exact) mass is 307 g/mol. The Labute approximate surface area is 128 Å². The van der Waals surface area contributed by atoms with Crippen LogP contribution in [0.4, 0.5) is 5.69 Å². The lowest BCUT2D eigenvalue weighted by molar-refractivity contribution is -0.117. The summed E-state index contributed by atoms with van der Waals surface area (Å²) >= 11 is 12.0. The fraction of sp³-hybridized carbons (Fsp3) is 0.188. The lowest BCUT2D eigenvalue weighted by atomic mass is 9.95. The van der Waals surface area contributed by atoms with Gasteiger partial charge in [-0.1, -0.05) is 66.5 Å². The summed E-state index contributed by atoms with van der Waals surface area (Å²) in [7, 11) is 0. The third-order valence-electron chi connectivity index (χ3n) is 3.14. The number of amides is 1. The van der Waals surface area contributed by atoms with Crippen LogP contribution in [0.1, 0.15) is 24.8 Å². The van der Waals surface area contributed by atoms with Crippen LogP contribution in [0.3, 0.4) is 0 Å². The normalized spacial score (nSPS) is 11.9. The summed E-state index contributed by atoms with van der Waals surface area (Å²) in [6.45, 7) is 1.98. The van der Waals surface area contributed by atoms with Crippen molar-refractivity contribution in [2.24, 2.45) is 0 Å². The summed E-state index contributed by atoms with van der Waals surface area (Å²) in [5, 5.41) is 3.64. The summed E-state index contributed by atoms with van der Waals surface area (Å²) in [6.07, 6.45) is 0.716. The molecule has 0 saturated carbocycles. The van der Waals surface area contributed by atoms with Gasteiger partial charge in [0.2, 0.25) is 5.91 Å². The van der Waals surface area contributed by atoms with Crippen molar-refractivity contribution in [1.82, 2.24) is 0 Å². The zero-order valence-corrected chi connectivity index (χ0v) is 12.6. The van der Waals surface area contributed by atoms with Gasteiger partial charge in [-0.3, -0.25) is 4.79 Å². The predicted molar refractivity (Wildman–Crippen MR) is 84.6 cm³/mol. The minimum Gasteiger partial charge on any atom is -0.324 e. The Morgan fingerprint density at radius 2 is 1.80 bits per heavy atom. The van der Waals surface area contributed by atoms with E-state index in [1.54, 1.807) is 18.2 Å². The zero-order chi connectivity index (χ0) is 14.5. The topological polar surface area (TPSA) is 29.1 Å². The summed E-state index contributed by atoms with van der Waals surface area (Å²) in [5.41, 5.74) is 1.53. The van der Waals surface area contributed by atoms with E-state index in [2.05, 4.69) is 5.32 Å². The fourth-order valence-corrected chi connectivity index (χ4v) is 2.43. The predicted octanol–water partition coefficient (Wildman–Crippen LogP) is 5.13. The first-order chi connectivity index (χ1) is 9.63. The van der Waals surface area contributed by atoms with E-state index in [-0.39, 0.29) is 11.8 Å². The fourth-order valence-electron chi connectivity index (χ4n) is 2.08. The highest BCUT2D eigenvalue weighted by molar-refractivity contribution is 6.44. The van der Waals surface area contributed by atoms with Crippen LogP contribution in [-0.2, 0) is 4.79 Å². The second-order valence-electron chi connectivity index (χ2n) is 4.46. The van der Waals surface area contributed by atoms with Crippen LogP contribution in [0, 0.1) is 0 Å². The number of hydrogen-bond acceptors (Lipinski definition) is 1. The van der Waals surface area contributed by atoms with E-state index >= 15 is 0 Å². The van der Waals surface area contributed by atoms with Crippen LogP contribution in [-0.4, -0.2) is 5.91 Å². The second-order valence-corrected chi connectivity index (χ2v) is 5.25. The molecule has 0 aromatic heterocycles. The highest BCUT2D eigenvalue weighted by atomic mass is 35.5. The van der Waals surface area contributed by atoms with Gasteiger partial charge in [-0.05, 0) is 24.1 Å². The molecule has 1 unspecified atom stereocenters. The molecule has 1 N–H and O–H groups in total. The first kappa shape index (κ1) is 14.9. The number of hydrogen-bond donors (Lipinski definition) is 1. The molecule has 2 nitrogen and oxygen atoms in total. The Kier molecular flexibility index (Phi) is 5.05. The van der Waals surface area contributed by atoms with Gasteiger partial charge in [0.1, 0.15) is 0 Å². The number of benzene rings is 2. The van der Waals surface area contributed by atoms with Crippen molar-refractivity contribution in [2.45, 2.75) is 19.3 Å². The van der Waals surface area contributed by atoms with Gasteiger partial charge in [0.15, 0.2) is 0 Å². The van der Waals surface area contributed by atoms with Gasteiger partial charge in [-0.2, -0.15) is 0 Å². The van der Waals surface area contributed by atoms with Crippen LogP contribution < -0.4 is 5.32 Å². The van der Waals surface area contributed by atoms with Crippen LogP contribution in [0.25, 0.3) is 0 Å². The van der Waals surface area contributed by atoms with Gasteiger partial charge in [-0.25, -0.2) is 0 Å².